The van der Waals surface area contributed by atoms with E-state index in [1.165, 1.54) is 51.4 Å². The fraction of sp³-hybridized carbons (Fsp3) is 0.727. The maximum atomic E-state index is 12.3. The summed E-state index contributed by atoms with van der Waals surface area (Å²) in [7, 11) is 0. The van der Waals surface area contributed by atoms with Crippen molar-refractivity contribution in [2.24, 2.45) is 0 Å². The van der Waals surface area contributed by atoms with Crippen LogP contribution in [0.15, 0.2) is 30.3 Å². The number of ketones is 2. The molecule has 5 atom stereocenters. The van der Waals surface area contributed by atoms with Crippen LogP contribution in [-0.2, 0) is 40.1 Å². The third-order valence-electron chi connectivity index (χ3n) is 10.5. The number of alkyl carbamates (subject to hydrolysis) is 1. The normalized spacial score (nSPS) is 18.6. The Morgan fingerprint density at radius 1 is 0.517 bits per heavy atom. The largest absolute Gasteiger partial charge is 0.445 e. The average Bonchev–Trinajstić information content (AvgIpc) is 3.24. The summed E-state index contributed by atoms with van der Waals surface area (Å²) >= 11 is 0. The molecule has 60 heavy (non-hydrogen) atoms. The Balaban J connectivity index is 1.29. The van der Waals surface area contributed by atoms with E-state index in [2.05, 4.69) is 21.3 Å². The molecule has 1 aromatic rings. The van der Waals surface area contributed by atoms with Gasteiger partial charge in [0.25, 0.3) is 0 Å². The van der Waals surface area contributed by atoms with Crippen LogP contribution in [-0.4, -0.2) is 119 Å². The molecule has 0 radical (unpaired) electrons. The van der Waals surface area contributed by atoms with Gasteiger partial charge < -0.3 is 51.2 Å². The highest BCUT2D eigenvalue weighted by molar-refractivity contribution is 5.90. The number of hydrogen-bond acceptors (Lipinski definition) is 12. The van der Waals surface area contributed by atoms with Gasteiger partial charge in [0.05, 0.1) is 32.3 Å². The topological polar surface area (TPSA) is 250 Å². The molecule has 16 heteroatoms. The molecule has 1 saturated heterocycles. The number of nitrogens with one attached hydrogen (secondary N) is 4. The van der Waals surface area contributed by atoms with Crippen LogP contribution in [0.1, 0.15) is 140 Å². The van der Waals surface area contributed by atoms with Gasteiger partial charge in [0.1, 0.15) is 36.8 Å². The average molecular weight is 849 g/mol. The van der Waals surface area contributed by atoms with Gasteiger partial charge in [-0.25, -0.2) is 4.79 Å². The molecule has 0 bridgehead atoms. The minimum Gasteiger partial charge on any atom is -0.445 e. The van der Waals surface area contributed by atoms with Crippen molar-refractivity contribution in [3.63, 3.8) is 0 Å². The molecule has 1 aliphatic heterocycles. The number of unbranched alkanes of at least 4 members (excludes halogenated alkanes) is 15. The Labute approximate surface area is 355 Å². The first-order valence-corrected chi connectivity index (χ1v) is 22.1. The highest BCUT2D eigenvalue weighted by Crippen LogP contribution is 2.24. The molecule has 1 fully saturated rings. The van der Waals surface area contributed by atoms with Crippen LogP contribution in [0.3, 0.4) is 0 Å². The van der Waals surface area contributed by atoms with Gasteiger partial charge in [-0.3, -0.25) is 24.0 Å². The molecular formula is C44H72N4O12. The lowest BCUT2D eigenvalue weighted by Crippen LogP contribution is -2.58. The van der Waals surface area contributed by atoms with Crippen molar-refractivity contribution in [1.82, 2.24) is 21.3 Å². The van der Waals surface area contributed by atoms with Gasteiger partial charge in [-0.05, 0) is 24.8 Å². The summed E-state index contributed by atoms with van der Waals surface area (Å²) in [6.45, 7) is -0.816. The van der Waals surface area contributed by atoms with E-state index in [1.54, 1.807) is 0 Å². The van der Waals surface area contributed by atoms with Gasteiger partial charge in [0, 0.05) is 32.2 Å². The molecule has 2 rings (SSSR count). The van der Waals surface area contributed by atoms with Crippen molar-refractivity contribution in [2.75, 3.05) is 32.8 Å². The summed E-state index contributed by atoms with van der Waals surface area (Å²) in [5, 5.41) is 49.1. The summed E-state index contributed by atoms with van der Waals surface area (Å²) in [6, 6.07) is 9.26. The second-order valence-electron chi connectivity index (χ2n) is 15.7. The molecule has 1 heterocycles. The fourth-order valence-corrected chi connectivity index (χ4v) is 6.86. The van der Waals surface area contributed by atoms with E-state index in [1.807, 2.05) is 30.3 Å². The van der Waals surface area contributed by atoms with Gasteiger partial charge in [-0.15, -0.1) is 0 Å². The predicted octanol–water partition coefficient (Wildman–Crippen LogP) is 3.43. The number of carbonyl (C=O) groups excluding carboxylic acids is 6. The molecule has 0 saturated carbocycles. The third kappa shape index (κ3) is 25.0. The lowest BCUT2D eigenvalue weighted by atomic mass is 9.92. The Kier molecular flexibility index (Phi) is 28.5. The zero-order chi connectivity index (χ0) is 43.8. The van der Waals surface area contributed by atoms with E-state index in [0.717, 1.165) is 56.9 Å². The highest BCUT2D eigenvalue weighted by atomic mass is 16.6. The zero-order valence-electron chi connectivity index (χ0n) is 35.4. The van der Waals surface area contributed by atoms with E-state index < -0.39 is 55.0 Å². The minimum absolute atomic E-state index is 0.0460. The van der Waals surface area contributed by atoms with Crippen LogP contribution in [0.25, 0.3) is 0 Å². The molecule has 16 nitrogen and oxygen atoms in total. The number of amides is 4. The molecule has 1 aliphatic rings. The molecule has 0 spiro atoms. The first kappa shape index (κ1) is 52.2. The van der Waals surface area contributed by atoms with Gasteiger partial charge in [-0.2, -0.15) is 0 Å². The number of rotatable bonds is 34. The summed E-state index contributed by atoms with van der Waals surface area (Å²) < 4.78 is 10.5. The fourth-order valence-electron chi connectivity index (χ4n) is 6.86. The predicted molar refractivity (Wildman–Crippen MR) is 224 cm³/mol. The number of ether oxygens (including phenoxy) is 2. The molecule has 0 aliphatic carbocycles. The highest BCUT2D eigenvalue weighted by Gasteiger charge is 2.43. The SMILES string of the molecule is O=C(CCCNC(=O)OCc1ccccc1)CNC(=O)CNC(=O)CNC(=O)CCCCCCCCCCCCCCCCCCC(=O)CC1OC(CO)C(O)C(O)C1O. The van der Waals surface area contributed by atoms with E-state index >= 15 is 0 Å². The lowest BCUT2D eigenvalue weighted by molar-refractivity contribution is -0.229. The molecule has 5 unspecified atom stereocenters. The summed E-state index contributed by atoms with van der Waals surface area (Å²) in [5.74, 6) is -1.50. The number of carbonyl (C=O) groups is 6. The number of benzene rings is 1. The second-order valence-corrected chi connectivity index (χ2v) is 15.7. The minimum atomic E-state index is -1.45. The van der Waals surface area contributed by atoms with Crippen molar-refractivity contribution in [3.8, 4) is 0 Å². The van der Waals surface area contributed by atoms with Crippen LogP contribution in [0.2, 0.25) is 0 Å². The van der Waals surface area contributed by atoms with Crippen LogP contribution in [0.4, 0.5) is 4.79 Å². The quantitative estimate of drug-likeness (QED) is 0.0465. The third-order valence-corrected chi connectivity index (χ3v) is 10.5. The molecule has 8 N–H and O–H groups in total. The number of hydrogen-bond donors (Lipinski definition) is 8. The molecule has 0 aromatic heterocycles. The van der Waals surface area contributed by atoms with Crippen molar-refractivity contribution in [2.45, 2.75) is 172 Å². The van der Waals surface area contributed by atoms with E-state index in [4.69, 9.17) is 9.47 Å². The van der Waals surface area contributed by atoms with Crippen molar-refractivity contribution >= 4 is 35.4 Å². The van der Waals surface area contributed by atoms with Crippen molar-refractivity contribution in [1.29, 1.82) is 0 Å². The maximum Gasteiger partial charge on any atom is 0.407 e. The van der Waals surface area contributed by atoms with Crippen molar-refractivity contribution in [3.05, 3.63) is 35.9 Å². The maximum absolute atomic E-state index is 12.3. The van der Waals surface area contributed by atoms with Crippen molar-refractivity contribution < 1.29 is 58.7 Å². The van der Waals surface area contributed by atoms with Crippen LogP contribution in [0.5, 0.6) is 0 Å². The van der Waals surface area contributed by atoms with Crippen LogP contribution in [0, 0.1) is 0 Å². The van der Waals surface area contributed by atoms with Gasteiger partial charge in [0.15, 0.2) is 5.78 Å². The Morgan fingerprint density at radius 2 is 0.983 bits per heavy atom. The van der Waals surface area contributed by atoms with Crippen LogP contribution < -0.4 is 21.3 Å². The van der Waals surface area contributed by atoms with Gasteiger partial charge in [0.2, 0.25) is 17.7 Å². The molecule has 340 valence electrons. The Morgan fingerprint density at radius 3 is 1.53 bits per heavy atom. The lowest BCUT2D eigenvalue weighted by Gasteiger charge is -2.39. The molecule has 1 aromatic carbocycles. The van der Waals surface area contributed by atoms with E-state index in [-0.39, 0.29) is 63.1 Å². The van der Waals surface area contributed by atoms with Gasteiger partial charge in [-0.1, -0.05) is 120 Å². The standard InChI is InChI=1S/C44H72N4O12/c49-31-37-42(56)43(57)41(55)36(60-37)27-34(50)23-18-13-11-9-7-5-3-1-2-4-6-8-10-12-14-19-25-38(52)47-29-40(54)48-30-39(53)46-28-35(51)24-20-26-45-44(58)59-32-33-21-16-15-17-22-33/h15-17,21-22,36-37,41-43,49,55-57H,1-14,18-20,23-32H2,(H,45,58)(H,46,53)(H,47,52)(H,48,54). The second kappa shape index (κ2) is 32.8. The zero-order valence-corrected chi connectivity index (χ0v) is 35.4. The molecular weight excluding hydrogens is 777 g/mol. The first-order valence-electron chi connectivity index (χ1n) is 22.1. The summed E-state index contributed by atoms with van der Waals surface area (Å²) in [6.07, 6.45) is 12.1. The number of aliphatic hydroxyl groups excluding tert-OH is 4. The Hall–Kier alpha value is -3.96. The number of Topliss-reactive ketones (excluding diaryl/α,β-unsaturated/α-hetero) is 2. The summed E-state index contributed by atoms with van der Waals surface area (Å²) in [4.78, 5) is 72.2. The van der Waals surface area contributed by atoms with Gasteiger partial charge >= 0.3 is 6.09 Å². The smallest absolute Gasteiger partial charge is 0.407 e. The first-order chi connectivity index (χ1) is 29.0. The van der Waals surface area contributed by atoms with E-state index in [0.29, 0.717) is 19.3 Å². The van der Waals surface area contributed by atoms with E-state index in [9.17, 15) is 49.2 Å². The number of aliphatic hydroxyl groups is 4. The Bertz CT molecular complexity index is 1380. The summed E-state index contributed by atoms with van der Waals surface area (Å²) in [5.41, 5.74) is 0.867. The monoisotopic (exact) mass is 849 g/mol. The molecule has 4 amide bonds. The van der Waals surface area contributed by atoms with Crippen LogP contribution >= 0.6 is 0 Å².